The first-order valence-electron chi connectivity index (χ1n) is 5.40. The molecule has 110 valence electrons. The van der Waals surface area contributed by atoms with E-state index in [1.54, 1.807) is 0 Å². The first-order chi connectivity index (χ1) is 9.17. The lowest BCUT2D eigenvalue weighted by atomic mass is 10.2. The van der Waals surface area contributed by atoms with Crippen molar-refractivity contribution >= 4 is 39.1 Å². The van der Waals surface area contributed by atoms with Gasteiger partial charge in [-0.25, -0.2) is 0 Å². The molecule has 0 saturated carbocycles. The fourth-order valence-corrected chi connectivity index (χ4v) is 2.98. The van der Waals surface area contributed by atoms with E-state index in [1.807, 2.05) is 0 Å². The molecule has 1 atom stereocenters. The Bertz CT molecular complexity index is 529. The van der Waals surface area contributed by atoms with Crippen LogP contribution in [0.25, 0.3) is 0 Å². The molecule has 2 rings (SSSR count). The summed E-state index contributed by atoms with van der Waals surface area (Å²) in [5.74, 6) is -0.852. The number of alkyl halides is 3. The third kappa shape index (κ3) is 3.36. The lowest BCUT2D eigenvalue weighted by Crippen LogP contribution is -2.26. The minimum Gasteiger partial charge on any atom is -0.406 e. The molecule has 1 aromatic rings. The molecule has 1 fully saturated rings. The van der Waals surface area contributed by atoms with Crippen molar-refractivity contribution in [2.45, 2.75) is 18.9 Å². The number of carbonyl (C=O) groups excluding carboxylic acids is 1. The zero-order chi connectivity index (χ0) is 15.1. The highest BCUT2D eigenvalue weighted by molar-refractivity contribution is 9.10. The Morgan fingerprint density at radius 1 is 1.45 bits per heavy atom. The van der Waals surface area contributed by atoms with Crippen molar-refractivity contribution < 1.29 is 27.8 Å². The molecule has 0 spiro atoms. The average Bonchev–Trinajstić information content (AvgIpc) is 2.54. The molecule has 0 aliphatic carbocycles. The normalized spacial score (nSPS) is 19.6. The zero-order valence-electron chi connectivity index (χ0n) is 9.75. The van der Waals surface area contributed by atoms with Crippen LogP contribution < -0.4 is 9.64 Å². The van der Waals surface area contributed by atoms with E-state index in [0.29, 0.717) is 0 Å². The molecular formula is C11H8BrClF3NO3. The van der Waals surface area contributed by atoms with Gasteiger partial charge in [0.05, 0.1) is 29.8 Å². The van der Waals surface area contributed by atoms with Gasteiger partial charge >= 0.3 is 6.36 Å². The highest BCUT2D eigenvalue weighted by Crippen LogP contribution is 2.40. The summed E-state index contributed by atoms with van der Waals surface area (Å²) < 4.78 is 40.4. The number of amides is 1. The Kier molecular flexibility index (Phi) is 4.17. The van der Waals surface area contributed by atoms with E-state index in [1.165, 1.54) is 4.90 Å². The minimum absolute atomic E-state index is 0.0383. The number of β-amino-alcohol motifs (C(OH)–C–C–N with tert-alkyl or cyclic N) is 1. The molecule has 0 aromatic heterocycles. The molecule has 1 saturated heterocycles. The molecule has 1 aromatic carbocycles. The Morgan fingerprint density at radius 3 is 2.55 bits per heavy atom. The van der Waals surface area contributed by atoms with E-state index in [4.69, 9.17) is 11.6 Å². The van der Waals surface area contributed by atoms with Gasteiger partial charge in [0, 0.05) is 10.5 Å². The fraction of sp³-hybridized carbons (Fsp3) is 0.364. The first-order valence-corrected chi connectivity index (χ1v) is 6.57. The third-order valence-corrected chi connectivity index (χ3v) is 3.49. The van der Waals surface area contributed by atoms with Gasteiger partial charge in [-0.15, -0.1) is 13.2 Å². The second-order valence-electron chi connectivity index (χ2n) is 4.15. The maximum Gasteiger partial charge on any atom is 0.573 e. The summed E-state index contributed by atoms with van der Waals surface area (Å²) in [7, 11) is 0. The number of aliphatic hydroxyl groups is 1. The first kappa shape index (κ1) is 15.4. The van der Waals surface area contributed by atoms with Crippen LogP contribution in [-0.4, -0.2) is 30.0 Å². The molecule has 0 radical (unpaired) electrons. The van der Waals surface area contributed by atoms with Crippen LogP contribution in [0.15, 0.2) is 16.6 Å². The Balaban J connectivity index is 2.34. The summed E-state index contributed by atoms with van der Waals surface area (Å²) in [5.41, 5.74) is 0.211. The summed E-state index contributed by atoms with van der Waals surface area (Å²) in [6.45, 7) is 0.0383. The van der Waals surface area contributed by atoms with Gasteiger partial charge in [-0.1, -0.05) is 11.6 Å². The lowest BCUT2D eigenvalue weighted by molar-refractivity contribution is -0.274. The van der Waals surface area contributed by atoms with Crippen LogP contribution in [0.5, 0.6) is 5.75 Å². The SMILES string of the molecule is O=C1CC(O)CN1c1c(Cl)cc(OC(F)(F)F)cc1Br. The maximum atomic E-state index is 12.1. The van der Waals surface area contributed by atoms with Crippen molar-refractivity contribution in [2.24, 2.45) is 0 Å². The summed E-state index contributed by atoms with van der Waals surface area (Å²) >= 11 is 8.96. The number of carbonyl (C=O) groups is 1. The van der Waals surface area contributed by atoms with Gasteiger partial charge in [-0.3, -0.25) is 4.79 Å². The maximum absolute atomic E-state index is 12.1. The van der Waals surface area contributed by atoms with Crippen molar-refractivity contribution in [3.05, 3.63) is 21.6 Å². The largest absolute Gasteiger partial charge is 0.573 e. The third-order valence-electron chi connectivity index (χ3n) is 2.60. The minimum atomic E-state index is -4.83. The van der Waals surface area contributed by atoms with Gasteiger partial charge in [0.2, 0.25) is 5.91 Å². The summed E-state index contributed by atoms with van der Waals surface area (Å²) in [5, 5.41) is 9.34. The molecule has 9 heteroatoms. The second kappa shape index (κ2) is 5.42. The molecule has 0 bridgehead atoms. The predicted molar refractivity (Wildman–Crippen MR) is 68.8 cm³/mol. The number of benzene rings is 1. The van der Waals surface area contributed by atoms with Crippen LogP contribution >= 0.6 is 27.5 Å². The second-order valence-corrected chi connectivity index (χ2v) is 5.41. The summed E-state index contributed by atoms with van der Waals surface area (Å²) in [6.07, 6.45) is -5.70. The van der Waals surface area contributed by atoms with Crippen LogP contribution in [-0.2, 0) is 4.79 Å². The van der Waals surface area contributed by atoms with E-state index in [-0.39, 0.29) is 34.1 Å². The zero-order valence-corrected chi connectivity index (χ0v) is 12.1. The van der Waals surface area contributed by atoms with E-state index >= 15 is 0 Å². The highest BCUT2D eigenvalue weighted by Gasteiger charge is 2.34. The Hall–Kier alpha value is -0.990. The summed E-state index contributed by atoms with van der Waals surface area (Å²) in [6, 6.07) is 2.03. The number of ether oxygens (including phenoxy) is 1. The molecule has 1 amide bonds. The van der Waals surface area contributed by atoms with Crippen molar-refractivity contribution in [2.75, 3.05) is 11.4 Å². The Labute approximate surface area is 125 Å². The number of nitrogens with zero attached hydrogens (tertiary/aromatic N) is 1. The molecule has 1 unspecified atom stereocenters. The number of halogens is 5. The summed E-state index contributed by atoms with van der Waals surface area (Å²) in [4.78, 5) is 12.9. The Morgan fingerprint density at radius 2 is 2.10 bits per heavy atom. The van der Waals surface area contributed by atoms with Gasteiger partial charge in [-0.2, -0.15) is 0 Å². The van der Waals surface area contributed by atoms with Crippen LogP contribution in [0.3, 0.4) is 0 Å². The molecule has 1 aliphatic heterocycles. The van der Waals surface area contributed by atoms with Crippen molar-refractivity contribution in [1.29, 1.82) is 0 Å². The van der Waals surface area contributed by atoms with Gasteiger partial charge in [0.1, 0.15) is 5.75 Å². The number of hydrogen-bond donors (Lipinski definition) is 1. The van der Waals surface area contributed by atoms with Crippen molar-refractivity contribution in [3.63, 3.8) is 0 Å². The van der Waals surface area contributed by atoms with Crippen LogP contribution in [0.4, 0.5) is 18.9 Å². The molecule has 1 N–H and O–H groups in total. The van der Waals surface area contributed by atoms with E-state index in [0.717, 1.165) is 12.1 Å². The topological polar surface area (TPSA) is 49.8 Å². The quantitative estimate of drug-likeness (QED) is 0.865. The van der Waals surface area contributed by atoms with Crippen molar-refractivity contribution in [1.82, 2.24) is 0 Å². The molecule has 1 aliphatic rings. The predicted octanol–water partition coefficient (Wildman–Crippen LogP) is 3.10. The molecule has 4 nitrogen and oxygen atoms in total. The highest BCUT2D eigenvalue weighted by atomic mass is 79.9. The van der Waals surface area contributed by atoms with Crippen LogP contribution in [0, 0.1) is 0 Å². The van der Waals surface area contributed by atoms with E-state index in [2.05, 4.69) is 20.7 Å². The smallest absolute Gasteiger partial charge is 0.406 e. The molecular weight excluding hydrogens is 366 g/mol. The van der Waals surface area contributed by atoms with E-state index in [9.17, 15) is 23.1 Å². The number of aliphatic hydroxyl groups excluding tert-OH is 1. The molecule has 20 heavy (non-hydrogen) atoms. The van der Waals surface area contributed by atoms with Crippen LogP contribution in [0.2, 0.25) is 5.02 Å². The van der Waals surface area contributed by atoms with E-state index < -0.39 is 18.2 Å². The van der Waals surface area contributed by atoms with Gasteiger partial charge in [0.25, 0.3) is 0 Å². The van der Waals surface area contributed by atoms with Crippen LogP contribution in [0.1, 0.15) is 6.42 Å². The number of rotatable bonds is 2. The van der Waals surface area contributed by atoms with Gasteiger partial charge in [0.15, 0.2) is 0 Å². The molecule has 1 heterocycles. The number of anilines is 1. The van der Waals surface area contributed by atoms with Gasteiger partial charge < -0.3 is 14.7 Å². The standard InChI is InChI=1S/C11H8BrClF3NO3/c12-7-2-6(20-11(14,15)16)3-8(13)10(7)17-4-5(18)1-9(17)19/h2-3,5,18H,1,4H2. The average molecular weight is 375 g/mol. The fourth-order valence-electron chi connectivity index (χ4n) is 1.90. The lowest BCUT2D eigenvalue weighted by Gasteiger charge is -2.20. The van der Waals surface area contributed by atoms with Crippen molar-refractivity contribution in [3.8, 4) is 5.75 Å². The number of hydrogen-bond acceptors (Lipinski definition) is 3. The van der Waals surface area contributed by atoms with Gasteiger partial charge in [-0.05, 0) is 22.0 Å². The monoisotopic (exact) mass is 373 g/mol.